The third-order valence-corrected chi connectivity index (χ3v) is 4.78. The molecule has 1 saturated carbocycles. The minimum absolute atomic E-state index is 0.115. The Morgan fingerprint density at radius 3 is 2.80 bits per heavy atom. The molecule has 2 atom stereocenters. The number of fused-ring (bicyclic) bond motifs is 1. The molecule has 1 aromatic heterocycles. The van der Waals surface area contributed by atoms with Gasteiger partial charge >= 0.3 is 0 Å². The van der Waals surface area contributed by atoms with E-state index < -0.39 is 0 Å². The summed E-state index contributed by atoms with van der Waals surface area (Å²) < 4.78 is 0. The fraction of sp³-hybridized carbons (Fsp3) is 0.625. The van der Waals surface area contributed by atoms with Gasteiger partial charge in [0.15, 0.2) is 0 Å². The summed E-state index contributed by atoms with van der Waals surface area (Å²) in [7, 11) is 1.86. The smallest absolute Gasteiger partial charge is 0.272 e. The summed E-state index contributed by atoms with van der Waals surface area (Å²) >= 11 is 0. The number of nitrogens with zero attached hydrogens (tertiary/aromatic N) is 2. The van der Waals surface area contributed by atoms with Gasteiger partial charge in [-0.1, -0.05) is 12.8 Å². The summed E-state index contributed by atoms with van der Waals surface area (Å²) in [5, 5.41) is 3.03. The number of hydrogen-bond acceptors (Lipinski definition) is 3. The lowest BCUT2D eigenvalue weighted by Crippen LogP contribution is -2.49. The molecule has 3 rings (SSSR count). The topological polar surface area (TPSA) is 45.2 Å². The second kappa shape index (κ2) is 5.81. The zero-order chi connectivity index (χ0) is 13.9. The van der Waals surface area contributed by atoms with Gasteiger partial charge in [-0.15, -0.1) is 0 Å². The Morgan fingerprint density at radius 1 is 1.25 bits per heavy atom. The van der Waals surface area contributed by atoms with Crippen molar-refractivity contribution in [3.63, 3.8) is 0 Å². The zero-order valence-electron chi connectivity index (χ0n) is 12.1. The van der Waals surface area contributed by atoms with Gasteiger partial charge in [0, 0.05) is 19.6 Å². The molecule has 1 saturated heterocycles. The van der Waals surface area contributed by atoms with E-state index >= 15 is 0 Å². The average Bonchev–Trinajstić information content (AvgIpc) is 2.54. The van der Waals surface area contributed by atoms with E-state index in [0.717, 1.165) is 24.6 Å². The van der Waals surface area contributed by atoms with Gasteiger partial charge in [-0.2, -0.15) is 0 Å². The molecule has 4 heteroatoms. The highest BCUT2D eigenvalue weighted by molar-refractivity contribution is 5.92. The van der Waals surface area contributed by atoms with Crippen LogP contribution in [0.25, 0.3) is 0 Å². The molecule has 0 aromatic carbocycles. The van der Waals surface area contributed by atoms with Crippen LogP contribution in [0.2, 0.25) is 0 Å². The van der Waals surface area contributed by atoms with Crippen molar-refractivity contribution in [2.45, 2.75) is 44.6 Å². The number of amides is 1. The molecule has 2 heterocycles. The number of pyridine rings is 1. The summed E-state index contributed by atoms with van der Waals surface area (Å²) in [4.78, 5) is 19.1. The van der Waals surface area contributed by atoms with Gasteiger partial charge in [-0.3, -0.25) is 4.79 Å². The average molecular weight is 273 g/mol. The molecule has 2 fully saturated rings. The van der Waals surface area contributed by atoms with Gasteiger partial charge in [0.05, 0.1) is 11.9 Å². The van der Waals surface area contributed by atoms with Crippen molar-refractivity contribution in [1.82, 2.24) is 9.88 Å². The standard InChI is InChI=1S/C16H23N3O/c1-17-13-8-9-14(18-11-13)16(20)19-10-4-6-12-5-2-3-7-15(12)19/h8-9,11-12,15,17H,2-7,10H2,1H3/t12-,15-/m1/s1. The minimum atomic E-state index is 0.115. The molecule has 20 heavy (non-hydrogen) atoms. The fourth-order valence-corrected chi connectivity index (χ4v) is 3.69. The molecule has 2 aliphatic rings. The van der Waals surface area contributed by atoms with Crippen LogP contribution >= 0.6 is 0 Å². The number of hydrogen-bond donors (Lipinski definition) is 1. The van der Waals surface area contributed by atoms with Crippen molar-refractivity contribution in [2.75, 3.05) is 18.9 Å². The van der Waals surface area contributed by atoms with Crippen LogP contribution in [0.1, 0.15) is 49.0 Å². The Bertz CT molecular complexity index is 469. The van der Waals surface area contributed by atoms with E-state index in [1.807, 2.05) is 19.2 Å². The number of likely N-dealkylation sites (tertiary alicyclic amines) is 1. The van der Waals surface area contributed by atoms with Crippen LogP contribution in [0.5, 0.6) is 0 Å². The predicted molar refractivity (Wildman–Crippen MR) is 79.8 cm³/mol. The van der Waals surface area contributed by atoms with E-state index in [0.29, 0.717) is 11.7 Å². The lowest BCUT2D eigenvalue weighted by molar-refractivity contribution is 0.0385. The second-order valence-electron chi connectivity index (χ2n) is 5.93. The molecule has 108 valence electrons. The van der Waals surface area contributed by atoms with E-state index in [1.165, 1.54) is 32.1 Å². The zero-order valence-corrected chi connectivity index (χ0v) is 12.1. The number of rotatable bonds is 2. The normalized spacial score (nSPS) is 25.9. The van der Waals surface area contributed by atoms with Crippen LogP contribution in [-0.4, -0.2) is 35.4 Å². The first-order valence-corrected chi connectivity index (χ1v) is 7.74. The SMILES string of the molecule is CNc1ccc(C(=O)N2CCC[C@H]3CCCC[C@H]32)nc1. The molecule has 0 radical (unpaired) electrons. The highest BCUT2D eigenvalue weighted by atomic mass is 16.2. The van der Waals surface area contributed by atoms with E-state index in [4.69, 9.17) is 0 Å². The predicted octanol–water partition coefficient (Wildman–Crippen LogP) is 2.92. The Hall–Kier alpha value is -1.58. The Kier molecular flexibility index (Phi) is 3.90. The first-order chi connectivity index (χ1) is 9.79. The van der Waals surface area contributed by atoms with Gasteiger partial charge in [-0.05, 0) is 43.7 Å². The van der Waals surface area contributed by atoms with Gasteiger partial charge in [0.25, 0.3) is 5.91 Å². The molecule has 1 amide bonds. The third-order valence-electron chi connectivity index (χ3n) is 4.78. The highest BCUT2D eigenvalue weighted by Gasteiger charge is 2.36. The van der Waals surface area contributed by atoms with Crippen molar-refractivity contribution in [3.05, 3.63) is 24.0 Å². The van der Waals surface area contributed by atoms with Crippen LogP contribution in [0.15, 0.2) is 18.3 Å². The third kappa shape index (κ3) is 2.51. The highest BCUT2D eigenvalue weighted by Crippen LogP contribution is 2.35. The van der Waals surface area contributed by atoms with Gasteiger partial charge < -0.3 is 10.2 Å². The molecule has 4 nitrogen and oxygen atoms in total. The number of carbonyl (C=O) groups excluding carboxylic acids is 1. The van der Waals surface area contributed by atoms with E-state index in [-0.39, 0.29) is 5.91 Å². The van der Waals surface area contributed by atoms with Gasteiger partial charge in [0.1, 0.15) is 5.69 Å². The van der Waals surface area contributed by atoms with Crippen molar-refractivity contribution in [2.24, 2.45) is 5.92 Å². The molecule has 0 bridgehead atoms. The number of piperidine rings is 1. The maximum absolute atomic E-state index is 12.7. The van der Waals surface area contributed by atoms with Crippen molar-refractivity contribution in [3.8, 4) is 0 Å². The number of anilines is 1. The molecule has 1 N–H and O–H groups in total. The first kappa shape index (κ1) is 13.4. The molecule has 1 aromatic rings. The summed E-state index contributed by atoms with van der Waals surface area (Å²) in [6.07, 6.45) is 9.22. The van der Waals surface area contributed by atoms with E-state index in [2.05, 4.69) is 15.2 Å². The van der Waals surface area contributed by atoms with Gasteiger partial charge in [-0.25, -0.2) is 4.98 Å². The van der Waals surface area contributed by atoms with Crippen LogP contribution in [-0.2, 0) is 0 Å². The summed E-state index contributed by atoms with van der Waals surface area (Å²) in [5.74, 6) is 0.835. The minimum Gasteiger partial charge on any atom is -0.387 e. The maximum Gasteiger partial charge on any atom is 0.272 e. The Morgan fingerprint density at radius 2 is 2.05 bits per heavy atom. The number of nitrogens with one attached hydrogen (secondary N) is 1. The van der Waals surface area contributed by atoms with Crippen molar-refractivity contribution >= 4 is 11.6 Å². The fourth-order valence-electron chi connectivity index (χ4n) is 3.69. The van der Waals surface area contributed by atoms with Gasteiger partial charge in [0.2, 0.25) is 0 Å². The Balaban J connectivity index is 1.77. The second-order valence-corrected chi connectivity index (χ2v) is 5.93. The quantitative estimate of drug-likeness (QED) is 0.901. The lowest BCUT2D eigenvalue weighted by Gasteiger charge is -2.44. The lowest BCUT2D eigenvalue weighted by atomic mass is 9.78. The monoisotopic (exact) mass is 273 g/mol. The molecule has 0 unspecified atom stereocenters. The van der Waals surface area contributed by atoms with E-state index in [1.54, 1.807) is 6.20 Å². The first-order valence-electron chi connectivity index (χ1n) is 7.74. The molecule has 1 aliphatic heterocycles. The van der Waals surface area contributed by atoms with Crippen molar-refractivity contribution < 1.29 is 4.79 Å². The van der Waals surface area contributed by atoms with E-state index in [9.17, 15) is 4.79 Å². The molecular weight excluding hydrogens is 250 g/mol. The number of aromatic nitrogens is 1. The number of carbonyl (C=O) groups is 1. The van der Waals surface area contributed by atoms with Crippen LogP contribution in [0.4, 0.5) is 5.69 Å². The van der Waals surface area contributed by atoms with Crippen LogP contribution in [0.3, 0.4) is 0 Å². The van der Waals surface area contributed by atoms with Crippen LogP contribution in [0, 0.1) is 5.92 Å². The van der Waals surface area contributed by atoms with Crippen molar-refractivity contribution in [1.29, 1.82) is 0 Å². The largest absolute Gasteiger partial charge is 0.387 e. The van der Waals surface area contributed by atoms with Crippen LogP contribution < -0.4 is 5.32 Å². The molecular formula is C16H23N3O. The Labute approximate surface area is 120 Å². The summed E-state index contributed by atoms with van der Waals surface area (Å²) in [6, 6.07) is 4.21. The molecule has 1 aliphatic carbocycles. The maximum atomic E-state index is 12.7. The molecule has 0 spiro atoms. The summed E-state index contributed by atoms with van der Waals surface area (Å²) in [6.45, 7) is 0.898. The summed E-state index contributed by atoms with van der Waals surface area (Å²) in [5.41, 5.74) is 1.52.